The van der Waals surface area contributed by atoms with Crippen molar-refractivity contribution in [3.63, 3.8) is 0 Å². The molecule has 0 unspecified atom stereocenters. The van der Waals surface area contributed by atoms with Crippen LogP contribution < -0.4 is 0 Å². The van der Waals surface area contributed by atoms with Crippen molar-refractivity contribution in [3.8, 4) is 12.3 Å². The lowest BCUT2D eigenvalue weighted by Crippen LogP contribution is -2.35. The van der Waals surface area contributed by atoms with Crippen LogP contribution in [0, 0.1) is 24.2 Å². The lowest BCUT2D eigenvalue weighted by atomic mass is 9.98. The minimum absolute atomic E-state index is 0.0755. The second-order valence-electron chi connectivity index (χ2n) is 5.83. The summed E-state index contributed by atoms with van der Waals surface area (Å²) in [4.78, 5) is 0. The van der Waals surface area contributed by atoms with Crippen LogP contribution in [0.5, 0.6) is 0 Å². The molecule has 2 nitrogen and oxygen atoms in total. The smallest absolute Gasteiger partial charge is 0.107 e. The Hall–Kier alpha value is -1.30. The van der Waals surface area contributed by atoms with Gasteiger partial charge in [0.05, 0.1) is 18.8 Å². The van der Waals surface area contributed by atoms with E-state index >= 15 is 0 Å². The van der Waals surface area contributed by atoms with Gasteiger partial charge in [-0.3, -0.25) is 0 Å². The average molecular weight is 286 g/mol. The maximum Gasteiger partial charge on any atom is 0.107 e. The topological polar surface area (TPSA) is 18.5 Å². The van der Waals surface area contributed by atoms with Crippen molar-refractivity contribution >= 4 is 0 Å². The van der Waals surface area contributed by atoms with Crippen LogP contribution in [0.1, 0.15) is 32.6 Å². The summed E-state index contributed by atoms with van der Waals surface area (Å²) in [5, 5.41) is 0. The van der Waals surface area contributed by atoms with Gasteiger partial charge in [0.1, 0.15) is 6.61 Å². The first kappa shape index (κ1) is 16.1. The second-order valence-corrected chi connectivity index (χ2v) is 5.83. The van der Waals surface area contributed by atoms with Gasteiger partial charge in [0.2, 0.25) is 0 Å². The van der Waals surface area contributed by atoms with E-state index in [0.29, 0.717) is 25.0 Å². The number of ether oxygens (including phenoxy) is 2. The first-order valence-electron chi connectivity index (χ1n) is 7.96. The molecule has 4 atom stereocenters. The summed E-state index contributed by atoms with van der Waals surface area (Å²) in [5.41, 5.74) is 1.18. The molecule has 0 radical (unpaired) electrons. The Kier molecular flexibility index (Phi) is 6.29. The largest absolute Gasteiger partial charge is 0.370 e. The van der Waals surface area contributed by atoms with E-state index in [1.165, 1.54) is 18.4 Å². The van der Waals surface area contributed by atoms with Crippen LogP contribution in [0.15, 0.2) is 36.5 Å². The molecule has 114 valence electrons. The maximum atomic E-state index is 6.01. The highest BCUT2D eigenvalue weighted by Gasteiger charge is 2.44. The fourth-order valence-electron chi connectivity index (χ4n) is 3.24. The Bertz CT molecular complexity index is 441. The van der Waals surface area contributed by atoms with Gasteiger partial charge in [-0.25, -0.2) is 0 Å². The Morgan fingerprint density at radius 2 is 2.43 bits per heavy atom. The van der Waals surface area contributed by atoms with Crippen molar-refractivity contribution in [1.82, 2.24) is 0 Å². The third-order valence-electron chi connectivity index (χ3n) is 4.31. The van der Waals surface area contributed by atoms with Crippen LogP contribution in [0.3, 0.4) is 0 Å². The van der Waals surface area contributed by atoms with Gasteiger partial charge < -0.3 is 9.47 Å². The number of terminal acetylenes is 1. The normalized spacial score (nSPS) is 31.7. The van der Waals surface area contributed by atoms with Gasteiger partial charge in [-0.2, -0.15) is 0 Å². The quantitative estimate of drug-likeness (QED) is 0.401. The van der Waals surface area contributed by atoms with E-state index in [4.69, 9.17) is 15.9 Å². The molecule has 1 aliphatic heterocycles. The van der Waals surface area contributed by atoms with Gasteiger partial charge in [-0.05, 0) is 18.4 Å². The molecular formula is C19H26O2. The minimum atomic E-state index is 0.0755. The predicted octanol–water partition coefficient (Wildman–Crippen LogP) is 3.90. The molecule has 0 spiro atoms. The van der Waals surface area contributed by atoms with Crippen molar-refractivity contribution in [1.29, 1.82) is 0 Å². The molecule has 1 fully saturated rings. The fraction of sp³-hybridized carbons (Fsp3) is 0.579. The third-order valence-corrected chi connectivity index (χ3v) is 4.31. The molecular weight excluding hydrogens is 260 g/mol. The summed E-state index contributed by atoms with van der Waals surface area (Å²) in [7, 11) is 0. The molecule has 1 saturated carbocycles. The first-order valence-corrected chi connectivity index (χ1v) is 7.96. The Morgan fingerprint density at radius 3 is 3.14 bits per heavy atom. The molecule has 0 bridgehead atoms. The van der Waals surface area contributed by atoms with Gasteiger partial charge in [-0.15, -0.1) is 6.42 Å². The Balaban J connectivity index is 2.05. The third kappa shape index (κ3) is 4.09. The van der Waals surface area contributed by atoms with Gasteiger partial charge in [0.25, 0.3) is 0 Å². The number of unbranched alkanes of at least 4 members (excludes halogenated alkanes) is 2. The highest BCUT2D eigenvalue weighted by atomic mass is 16.5. The molecule has 0 N–H and O–H groups in total. The van der Waals surface area contributed by atoms with Crippen LogP contribution in [0.25, 0.3) is 0 Å². The molecule has 2 aliphatic rings. The molecule has 2 heteroatoms. The van der Waals surface area contributed by atoms with Gasteiger partial charge in [-0.1, -0.05) is 56.6 Å². The summed E-state index contributed by atoms with van der Waals surface area (Å²) < 4.78 is 11.9. The van der Waals surface area contributed by atoms with Crippen molar-refractivity contribution in [2.75, 3.05) is 13.2 Å². The van der Waals surface area contributed by atoms with E-state index in [1.54, 1.807) is 0 Å². The van der Waals surface area contributed by atoms with Crippen LogP contribution in [-0.4, -0.2) is 25.4 Å². The van der Waals surface area contributed by atoms with Crippen molar-refractivity contribution in [2.45, 2.75) is 44.8 Å². The summed E-state index contributed by atoms with van der Waals surface area (Å²) in [6.45, 7) is 7.04. The number of hydrogen-bond donors (Lipinski definition) is 0. The van der Waals surface area contributed by atoms with E-state index in [1.807, 2.05) is 6.08 Å². The van der Waals surface area contributed by atoms with Crippen LogP contribution in [0.2, 0.25) is 0 Å². The van der Waals surface area contributed by atoms with E-state index in [0.717, 1.165) is 12.8 Å². The SMILES string of the molecule is C#CCO[C@H]1[C@H]2OCC(C=C)=C[C@H]2C[C@H]1/C=C/CCCC. The molecule has 0 aromatic rings. The summed E-state index contributed by atoms with van der Waals surface area (Å²) in [5.74, 6) is 3.38. The minimum Gasteiger partial charge on any atom is -0.370 e. The molecule has 0 aromatic carbocycles. The molecule has 0 aromatic heterocycles. The van der Waals surface area contributed by atoms with Gasteiger partial charge in [0.15, 0.2) is 0 Å². The molecule has 0 amide bonds. The predicted molar refractivity (Wildman–Crippen MR) is 86.9 cm³/mol. The Labute approximate surface area is 128 Å². The second kappa shape index (κ2) is 8.22. The monoisotopic (exact) mass is 286 g/mol. The zero-order chi connectivity index (χ0) is 15.1. The van der Waals surface area contributed by atoms with Gasteiger partial charge >= 0.3 is 0 Å². The molecule has 0 saturated heterocycles. The van der Waals surface area contributed by atoms with Crippen molar-refractivity contribution in [2.24, 2.45) is 11.8 Å². The first-order chi connectivity index (χ1) is 10.3. The highest BCUT2D eigenvalue weighted by Crippen LogP contribution is 2.40. The highest BCUT2D eigenvalue weighted by molar-refractivity contribution is 5.23. The van der Waals surface area contributed by atoms with E-state index in [9.17, 15) is 0 Å². The van der Waals surface area contributed by atoms with E-state index in [-0.39, 0.29) is 12.2 Å². The standard InChI is InChI=1S/C19H26O2/c1-4-7-8-9-10-16-13-17-12-15(6-3)14-21-19(17)18(16)20-11-5-2/h2,6,9-10,12,16-19H,3-4,7-8,11,13-14H2,1H3/b10-9+/t16-,17+,18-,19+/m1/s1. The number of rotatable bonds is 7. The molecule has 1 heterocycles. The van der Waals surface area contributed by atoms with Crippen LogP contribution in [-0.2, 0) is 9.47 Å². The fourth-order valence-corrected chi connectivity index (χ4v) is 3.24. The number of fused-ring (bicyclic) bond motifs is 1. The van der Waals surface area contributed by atoms with Crippen molar-refractivity contribution in [3.05, 3.63) is 36.5 Å². The summed E-state index contributed by atoms with van der Waals surface area (Å²) in [6, 6.07) is 0. The number of allylic oxidation sites excluding steroid dienone is 1. The zero-order valence-corrected chi connectivity index (χ0v) is 13.0. The van der Waals surface area contributed by atoms with E-state index < -0.39 is 0 Å². The van der Waals surface area contributed by atoms with Crippen LogP contribution >= 0.6 is 0 Å². The lowest BCUT2D eigenvalue weighted by Gasteiger charge is -2.28. The van der Waals surface area contributed by atoms with Gasteiger partial charge in [0, 0.05) is 11.8 Å². The van der Waals surface area contributed by atoms with Crippen LogP contribution in [0.4, 0.5) is 0 Å². The Morgan fingerprint density at radius 1 is 1.57 bits per heavy atom. The zero-order valence-electron chi connectivity index (χ0n) is 13.0. The maximum absolute atomic E-state index is 6.01. The summed E-state index contributed by atoms with van der Waals surface area (Å²) in [6.07, 6.45) is 19.0. The van der Waals surface area contributed by atoms with Crippen molar-refractivity contribution < 1.29 is 9.47 Å². The lowest BCUT2D eigenvalue weighted by molar-refractivity contribution is -0.0637. The summed E-state index contributed by atoms with van der Waals surface area (Å²) >= 11 is 0. The average Bonchev–Trinajstić information content (AvgIpc) is 2.86. The molecule has 1 aliphatic carbocycles. The number of hydrogen-bond acceptors (Lipinski definition) is 2. The molecule has 21 heavy (non-hydrogen) atoms. The van der Waals surface area contributed by atoms with E-state index in [2.05, 4.69) is 37.7 Å². The molecule has 2 rings (SSSR count).